The zero-order chi connectivity index (χ0) is 17.4. The number of anilines is 1. The van der Waals surface area contributed by atoms with Crippen molar-refractivity contribution in [3.63, 3.8) is 0 Å². The molecule has 0 aliphatic carbocycles. The minimum Gasteiger partial charge on any atom is -0.352 e. The third kappa shape index (κ3) is 4.68. The van der Waals surface area contributed by atoms with E-state index in [2.05, 4.69) is 17.6 Å². The summed E-state index contributed by atoms with van der Waals surface area (Å²) in [6.45, 7) is 2.68. The number of hydrogen-bond donors (Lipinski definition) is 2. The fourth-order valence-corrected chi connectivity index (χ4v) is 2.11. The third-order valence-electron chi connectivity index (χ3n) is 3.47. The van der Waals surface area contributed by atoms with Crippen molar-refractivity contribution in [2.24, 2.45) is 0 Å². The molecular weight excluding hydrogens is 302 g/mol. The van der Waals surface area contributed by atoms with Gasteiger partial charge in [0.15, 0.2) is 0 Å². The Morgan fingerprint density at radius 3 is 2.33 bits per heavy atom. The van der Waals surface area contributed by atoms with Crippen LogP contribution < -0.4 is 10.6 Å². The number of hydrogen-bond acceptors (Lipinski definition) is 3. The fourth-order valence-electron chi connectivity index (χ4n) is 2.11. The van der Waals surface area contributed by atoms with Crippen molar-refractivity contribution in [3.8, 4) is 6.07 Å². The van der Waals surface area contributed by atoms with Crippen molar-refractivity contribution in [3.05, 3.63) is 65.2 Å². The molecule has 2 rings (SSSR count). The predicted octanol–water partition coefficient (Wildman–Crippen LogP) is 3.34. The van der Waals surface area contributed by atoms with Crippen LogP contribution in [0.1, 0.15) is 46.0 Å². The molecule has 0 bridgehead atoms. The van der Waals surface area contributed by atoms with Crippen LogP contribution in [-0.2, 0) is 0 Å². The number of rotatable bonds is 6. The molecule has 5 heteroatoms. The summed E-state index contributed by atoms with van der Waals surface area (Å²) in [4.78, 5) is 24.3. The Kier molecular flexibility index (Phi) is 6.09. The molecule has 0 fully saturated rings. The first-order chi connectivity index (χ1) is 11.6. The number of carbonyl (C=O) groups excluding carboxylic acids is 2. The van der Waals surface area contributed by atoms with Crippen LogP contribution in [-0.4, -0.2) is 18.4 Å². The molecule has 2 aromatic rings. The Morgan fingerprint density at radius 2 is 1.71 bits per heavy atom. The maximum Gasteiger partial charge on any atom is 0.255 e. The predicted molar refractivity (Wildman–Crippen MR) is 92.8 cm³/mol. The second-order valence-corrected chi connectivity index (χ2v) is 5.33. The maximum absolute atomic E-state index is 12.3. The molecule has 2 aromatic carbocycles. The van der Waals surface area contributed by atoms with Crippen LogP contribution in [0, 0.1) is 11.3 Å². The zero-order valence-corrected chi connectivity index (χ0v) is 13.5. The third-order valence-corrected chi connectivity index (χ3v) is 3.47. The van der Waals surface area contributed by atoms with Gasteiger partial charge in [0.05, 0.1) is 11.6 Å². The van der Waals surface area contributed by atoms with E-state index >= 15 is 0 Å². The number of nitrogens with zero attached hydrogens (tertiary/aromatic N) is 1. The van der Waals surface area contributed by atoms with Gasteiger partial charge in [-0.25, -0.2) is 0 Å². The maximum atomic E-state index is 12.3. The molecular formula is C19H19N3O2. The number of unbranched alkanes of at least 4 members (excludes halogenated alkanes) is 1. The molecule has 0 atom stereocenters. The minimum atomic E-state index is -0.303. The van der Waals surface area contributed by atoms with Gasteiger partial charge in [-0.15, -0.1) is 0 Å². The number of carbonyl (C=O) groups is 2. The van der Waals surface area contributed by atoms with Gasteiger partial charge in [-0.1, -0.05) is 19.4 Å². The summed E-state index contributed by atoms with van der Waals surface area (Å²) in [5.74, 6) is -0.487. The minimum absolute atomic E-state index is 0.184. The Balaban J connectivity index is 2.05. The SMILES string of the molecule is CCCCNC(=O)c1cccc(C(=O)Nc2ccc(C#N)cc2)c1. The molecule has 2 amide bonds. The van der Waals surface area contributed by atoms with E-state index in [0.29, 0.717) is 28.9 Å². The highest BCUT2D eigenvalue weighted by atomic mass is 16.2. The van der Waals surface area contributed by atoms with Crippen molar-refractivity contribution >= 4 is 17.5 Å². The van der Waals surface area contributed by atoms with E-state index in [9.17, 15) is 9.59 Å². The van der Waals surface area contributed by atoms with Crippen molar-refractivity contribution in [1.82, 2.24) is 5.32 Å². The molecule has 2 N–H and O–H groups in total. The number of nitrogens with one attached hydrogen (secondary N) is 2. The fraction of sp³-hybridized carbons (Fsp3) is 0.211. The molecule has 0 heterocycles. The van der Waals surface area contributed by atoms with Crippen molar-refractivity contribution in [2.75, 3.05) is 11.9 Å². The van der Waals surface area contributed by atoms with Crippen LogP contribution in [0.15, 0.2) is 48.5 Å². The van der Waals surface area contributed by atoms with E-state index < -0.39 is 0 Å². The van der Waals surface area contributed by atoms with Gasteiger partial charge in [-0.2, -0.15) is 5.26 Å². The first-order valence-corrected chi connectivity index (χ1v) is 7.84. The summed E-state index contributed by atoms with van der Waals surface area (Å²) in [6, 6.07) is 15.2. The Labute approximate surface area is 141 Å². The van der Waals surface area contributed by atoms with Gasteiger partial charge in [0.25, 0.3) is 11.8 Å². The highest BCUT2D eigenvalue weighted by Gasteiger charge is 2.10. The summed E-state index contributed by atoms with van der Waals surface area (Å²) >= 11 is 0. The lowest BCUT2D eigenvalue weighted by atomic mass is 10.1. The van der Waals surface area contributed by atoms with Crippen molar-refractivity contribution in [2.45, 2.75) is 19.8 Å². The number of benzene rings is 2. The van der Waals surface area contributed by atoms with Gasteiger partial charge >= 0.3 is 0 Å². The second-order valence-electron chi connectivity index (χ2n) is 5.33. The number of nitriles is 1. The summed E-state index contributed by atoms with van der Waals surface area (Å²) in [6.07, 6.45) is 1.93. The highest BCUT2D eigenvalue weighted by Crippen LogP contribution is 2.12. The van der Waals surface area contributed by atoms with Crippen LogP contribution in [0.3, 0.4) is 0 Å². The molecule has 0 aliphatic rings. The van der Waals surface area contributed by atoms with E-state index in [-0.39, 0.29) is 11.8 Å². The average molecular weight is 321 g/mol. The van der Waals surface area contributed by atoms with Crippen LogP contribution in [0.5, 0.6) is 0 Å². The molecule has 0 saturated heterocycles. The number of amides is 2. The Bertz CT molecular complexity index is 761. The Hall–Kier alpha value is -3.13. The zero-order valence-electron chi connectivity index (χ0n) is 13.5. The van der Waals surface area contributed by atoms with Gasteiger partial charge in [0.1, 0.15) is 0 Å². The smallest absolute Gasteiger partial charge is 0.255 e. The van der Waals surface area contributed by atoms with E-state index in [1.165, 1.54) is 0 Å². The van der Waals surface area contributed by atoms with Gasteiger partial charge in [0.2, 0.25) is 0 Å². The normalized spacial score (nSPS) is 9.83. The topological polar surface area (TPSA) is 82.0 Å². The highest BCUT2D eigenvalue weighted by molar-refractivity contribution is 6.06. The largest absolute Gasteiger partial charge is 0.352 e. The summed E-state index contributed by atoms with van der Waals surface area (Å²) < 4.78 is 0. The van der Waals surface area contributed by atoms with Gasteiger partial charge in [-0.05, 0) is 48.9 Å². The quantitative estimate of drug-likeness (QED) is 0.801. The molecule has 122 valence electrons. The molecule has 24 heavy (non-hydrogen) atoms. The monoisotopic (exact) mass is 321 g/mol. The van der Waals surface area contributed by atoms with E-state index in [1.807, 2.05) is 6.07 Å². The first-order valence-electron chi connectivity index (χ1n) is 7.84. The Morgan fingerprint density at radius 1 is 1.04 bits per heavy atom. The molecule has 5 nitrogen and oxygen atoms in total. The van der Waals surface area contributed by atoms with Crippen LogP contribution in [0.25, 0.3) is 0 Å². The van der Waals surface area contributed by atoms with Gasteiger partial charge in [0, 0.05) is 23.4 Å². The van der Waals surface area contributed by atoms with Crippen molar-refractivity contribution < 1.29 is 9.59 Å². The van der Waals surface area contributed by atoms with Crippen LogP contribution >= 0.6 is 0 Å². The average Bonchev–Trinajstić information content (AvgIpc) is 2.62. The van der Waals surface area contributed by atoms with E-state index in [0.717, 1.165) is 12.8 Å². The van der Waals surface area contributed by atoms with Gasteiger partial charge in [-0.3, -0.25) is 9.59 Å². The molecule has 0 radical (unpaired) electrons. The van der Waals surface area contributed by atoms with Gasteiger partial charge < -0.3 is 10.6 Å². The van der Waals surface area contributed by atoms with Crippen LogP contribution in [0.2, 0.25) is 0 Å². The van der Waals surface area contributed by atoms with Crippen molar-refractivity contribution in [1.29, 1.82) is 5.26 Å². The summed E-state index contributed by atoms with van der Waals surface area (Å²) in [5.41, 5.74) is 1.98. The molecule has 0 saturated carbocycles. The molecule has 0 spiro atoms. The summed E-state index contributed by atoms with van der Waals surface area (Å²) in [7, 11) is 0. The lowest BCUT2D eigenvalue weighted by molar-refractivity contribution is 0.0953. The van der Waals surface area contributed by atoms with Crippen LogP contribution in [0.4, 0.5) is 5.69 Å². The first kappa shape index (κ1) is 17.2. The summed E-state index contributed by atoms with van der Waals surface area (Å²) in [5, 5.41) is 14.3. The lowest BCUT2D eigenvalue weighted by Crippen LogP contribution is -2.24. The molecule has 0 aliphatic heterocycles. The lowest BCUT2D eigenvalue weighted by Gasteiger charge is -2.08. The van der Waals surface area contributed by atoms with E-state index in [4.69, 9.17) is 5.26 Å². The molecule has 0 aromatic heterocycles. The second kappa shape index (κ2) is 8.49. The van der Waals surface area contributed by atoms with E-state index in [1.54, 1.807) is 48.5 Å². The standard InChI is InChI=1S/C19H19N3O2/c1-2-3-11-21-18(23)15-5-4-6-16(12-15)19(24)22-17-9-7-14(13-20)8-10-17/h4-10,12H,2-3,11H2,1H3,(H,21,23)(H,22,24). The molecule has 0 unspecified atom stereocenters.